The van der Waals surface area contributed by atoms with Crippen LogP contribution in [0.4, 0.5) is 0 Å². The SMILES string of the molecule is CCCCCCNC(=O)C1CCCN(C(=O)Cc2ccc3ccccc3c2)C1. The maximum absolute atomic E-state index is 12.8. The summed E-state index contributed by atoms with van der Waals surface area (Å²) in [5.41, 5.74) is 1.03. The Balaban J connectivity index is 1.51. The van der Waals surface area contributed by atoms with Gasteiger partial charge in [-0.3, -0.25) is 9.59 Å². The van der Waals surface area contributed by atoms with E-state index in [-0.39, 0.29) is 17.7 Å². The van der Waals surface area contributed by atoms with E-state index in [2.05, 4.69) is 36.5 Å². The van der Waals surface area contributed by atoms with E-state index in [0.29, 0.717) is 13.0 Å². The average Bonchev–Trinajstić information content (AvgIpc) is 2.73. The number of rotatable bonds is 8. The van der Waals surface area contributed by atoms with Crippen molar-refractivity contribution in [2.45, 2.75) is 51.9 Å². The van der Waals surface area contributed by atoms with Gasteiger partial charge in [-0.15, -0.1) is 0 Å². The van der Waals surface area contributed by atoms with Crippen molar-refractivity contribution in [2.75, 3.05) is 19.6 Å². The van der Waals surface area contributed by atoms with Crippen molar-refractivity contribution in [3.63, 3.8) is 0 Å². The molecule has 1 saturated heterocycles. The fourth-order valence-electron chi connectivity index (χ4n) is 3.96. The number of benzene rings is 2. The van der Waals surface area contributed by atoms with Gasteiger partial charge in [0.1, 0.15) is 0 Å². The van der Waals surface area contributed by atoms with Gasteiger partial charge in [0, 0.05) is 19.6 Å². The first kappa shape index (κ1) is 20.4. The van der Waals surface area contributed by atoms with Crippen molar-refractivity contribution in [3.8, 4) is 0 Å². The third-order valence-corrected chi connectivity index (χ3v) is 5.64. The van der Waals surface area contributed by atoms with E-state index >= 15 is 0 Å². The summed E-state index contributed by atoms with van der Waals surface area (Å²) in [6.07, 6.45) is 6.80. The van der Waals surface area contributed by atoms with Crippen LogP contribution < -0.4 is 5.32 Å². The fraction of sp³-hybridized carbons (Fsp3) is 0.500. The lowest BCUT2D eigenvalue weighted by molar-refractivity contribution is -0.135. The van der Waals surface area contributed by atoms with Crippen molar-refractivity contribution in [1.82, 2.24) is 10.2 Å². The molecule has 1 aliphatic heterocycles. The molecule has 0 aromatic heterocycles. The Bertz CT molecular complexity index is 802. The molecule has 4 heteroatoms. The lowest BCUT2D eigenvalue weighted by Crippen LogP contribution is -2.46. The van der Waals surface area contributed by atoms with Gasteiger partial charge in [0.15, 0.2) is 0 Å². The number of hydrogen-bond donors (Lipinski definition) is 1. The molecule has 0 spiro atoms. The summed E-state index contributed by atoms with van der Waals surface area (Å²) in [6, 6.07) is 14.4. The molecule has 0 saturated carbocycles. The Kier molecular flexibility index (Phi) is 7.46. The number of nitrogens with zero attached hydrogens (tertiary/aromatic N) is 1. The first-order valence-corrected chi connectivity index (χ1v) is 10.7. The second-order valence-electron chi connectivity index (χ2n) is 7.89. The van der Waals surface area contributed by atoms with E-state index in [0.717, 1.165) is 49.7 Å². The summed E-state index contributed by atoms with van der Waals surface area (Å²) in [5, 5.41) is 5.41. The number of fused-ring (bicyclic) bond motifs is 1. The molecule has 1 fully saturated rings. The minimum Gasteiger partial charge on any atom is -0.356 e. The van der Waals surface area contributed by atoms with Crippen LogP contribution in [-0.4, -0.2) is 36.3 Å². The Labute approximate surface area is 168 Å². The topological polar surface area (TPSA) is 49.4 Å². The van der Waals surface area contributed by atoms with Crippen LogP contribution in [0.25, 0.3) is 10.8 Å². The molecule has 1 aliphatic rings. The molecular weight excluding hydrogens is 348 g/mol. The molecule has 1 N–H and O–H groups in total. The smallest absolute Gasteiger partial charge is 0.227 e. The fourth-order valence-corrected chi connectivity index (χ4v) is 3.96. The standard InChI is InChI=1S/C24H32N2O2/c1-2-3-4-7-14-25-24(28)22-11-8-15-26(18-22)23(27)17-19-12-13-20-9-5-6-10-21(20)16-19/h5-6,9-10,12-13,16,22H,2-4,7-8,11,14-15,17-18H2,1H3,(H,25,28). The molecule has 2 aromatic rings. The van der Waals surface area contributed by atoms with Crippen LogP contribution in [0, 0.1) is 5.92 Å². The molecule has 150 valence electrons. The van der Waals surface area contributed by atoms with Crippen LogP contribution in [0.2, 0.25) is 0 Å². The summed E-state index contributed by atoms with van der Waals surface area (Å²) < 4.78 is 0. The molecular formula is C24H32N2O2. The van der Waals surface area contributed by atoms with Crippen molar-refractivity contribution >= 4 is 22.6 Å². The lowest BCUT2D eigenvalue weighted by atomic mass is 9.96. The van der Waals surface area contributed by atoms with Crippen LogP contribution in [0.1, 0.15) is 51.0 Å². The number of unbranched alkanes of at least 4 members (excludes halogenated alkanes) is 3. The maximum Gasteiger partial charge on any atom is 0.227 e. The van der Waals surface area contributed by atoms with Crippen LogP contribution in [-0.2, 0) is 16.0 Å². The van der Waals surface area contributed by atoms with Gasteiger partial charge >= 0.3 is 0 Å². The summed E-state index contributed by atoms with van der Waals surface area (Å²) in [4.78, 5) is 27.1. The number of piperidine rings is 1. The third kappa shape index (κ3) is 5.57. The van der Waals surface area contributed by atoms with E-state index in [1.54, 1.807) is 0 Å². The van der Waals surface area contributed by atoms with E-state index in [9.17, 15) is 9.59 Å². The minimum absolute atomic E-state index is 0.0690. The number of likely N-dealkylation sites (tertiary alicyclic amines) is 1. The van der Waals surface area contributed by atoms with Crippen molar-refractivity contribution in [2.24, 2.45) is 5.92 Å². The zero-order valence-electron chi connectivity index (χ0n) is 17.0. The Morgan fingerprint density at radius 2 is 1.89 bits per heavy atom. The number of carbonyl (C=O) groups excluding carboxylic acids is 2. The Hall–Kier alpha value is -2.36. The van der Waals surface area contributed by atoms with Crippen LogP contribution in [0.5, 0.6) is 0 Å². The van der Waals surface area contributed by atoms with E-state index < -0.39 is 0 Å². The van der Waals surface area contributed by atoms with Crippen molar-refractivity contribution < 1.29 is 9.59 Å². The van der Waals surface area contributed by atoms with E-state index in [1.807, 2.05) is 23.1 Å². The van der Waals surface area contributed by atoms with Gasteiger partial charge in [0.2, 0.25) is 11.8 Å². The van der Waals surface area contributed by atoms with Gasteiger partial charge in [-0.25, -0.2) is 0 Å². The lowest BCUT2D eigenvalue weighted by Gasteiger charge is -2.32. The van der Waals surface area contributed by atoms with Gasteiger partial charge in [-0.2, -0.15) is 0 Å². The second kappa shape index (κ2) is 10.3. The van der Waals surface area contributed by atoms with E-state index in [4.69, 9.17) is 0 Å². The summed E-state index contributed by atoms with van der Waals surface area (Å²) in [6.45, 7) is 4.24. The zero-order chi connectivity index (χ0) is 19.8. The largest absolute Gasteiger partial charge is 0.356 e. The highest BCUT2D eigenvalue weighted by atomic mass is 16.2. The molecule has 1 atom stereocenters. The van der Waals surface area contributed by atoms with Crippen LogP contribution >= 0.6 is 0 Å². The Morgan fingerprint density at radius 1 is 1.07 bits per heavy atom. The summed E-state index contributed by atoms with van der Waals surface area (Å²) in [5.74, 6) is 0.163. The highest BCUT2D eigenvalue weighted by molar-refractivity contribution is 5.86. The summed E-state index contributed by atoms with van der Waals surface area (Å²) >= 11 is 0. The van der Waals surface area contributed by atoms with Gasteiger partial charge < -0.3 is 10.2 Å². The number of carbonyl (C=O) groups is 2. The monoisotopic (exact) mass is 380 g/mol. The molecule has 2 aromatic carbocycles. The molecule has 1 heterocycles. The molecule has 28 heavy (non-hydrogen) atoms. The highest BCUT2D eigenvalue weighted by Gasteiger charge is 2.28. The number of nitrogens with one attached hydrogen (secondary N) is 1. The first-order chi connectivity index (χ1) is 13.7. The zero-order valence-corrected chi connectivity index (χ0v) is 17.0. The predicted molar refractivity (Wildman–Crippen MR) is 114 cm³/mol. The van der Waals surface area contributed by atoms with Gasteiger partial charge in [-0.05, 0) is 35.6 Å². The molecule has 0 aliphatic carbocycles. The maximum atomic E-state index is 12.8. The second-order valence-corrected chi connectivity index (χ2v) is 7.89. The quantitative estimate of drug-likeness (QED) is 0.694. The minimum atomic E-state index is -0.0690. The number of amides is 2. The van der Waals surface area contributed by atoms with Crippen molar-refractivity contribution in [1.29, 1.82) is 0 Å². The van der Waals surface area contributed by atoms with E-state index in [1.165, 1.54) is 18.2 Å². The van der Waals surface area contributed by atoms with Crippen molar-refractivity contribution in [3.05, 3.63) is 48.0 Å². The number of hydrogen-bond acceptors (Lipinski definition) is 2. The van der Waals surface area contributed by atoms with Gasteiger partial charge in [0.25, 0.3) is 0 Å². The molecule has 1 unspecified atom stereocenters. The molecule has 4 nitrogen and oxygen atoms in total. The molecule has 0 bridgehead atoms. The highest BCUT2D eigenvalue weighted by Crippen LogP contribution is 2.20. The molecule has 0 radical (unpaired) electrons. The molecule has 2 amide bonds. The van der Waals surface area contributed by atoms with Gasteiger partial charge in [-0.1, -0.05) is 68.7 Å². The summed E-state index contributed by atoms with van der Waals surface area (Å²) in [7, 11) is 0. The van der Waals surface area contributed by atoms with Gasteiger partial charge in [0.05, 0.1) is 12.3 Å². The first-order valence-electron chi connectivity index (χ1n) is 10.7. The third-order valence-electron chi connectivity index (χ3n) is 5.64. The predicted octanol–water partition coefficient (Wildman–Crippen LogP) is 4.32. The van der Waals surface area contributed by atoms with Crippen LogP contribution in [0.3, 0.4) is 0 Å². The van der Waals surface area contributed by atoms with Crippen LogP contribution in [0.15, 0.2) is 42.5 Å². The molecule has 3 rings (SSSR count). The Morgan fingerprint density at radius 3 is 2.71 bits per heavy atom. The normalized spacial score (nSPS) is 16.9. The average molecular weight is 381 g/mol.